The van der Waals surface area contributed by atoms with Crippen molar-refractivity contribution in [3.8, 4) is 5.75 Å². The third-order valence-corrected chi connectivity index (χ3v) is 3.97. The fourth-order valence-electron chi connectivity index (χ4n) is 2.76. The van der Waals surface area contributed by atoms with Crippen molar-refractivity contribution in [2.75, 3.05) is 19.0 Å². The first-order valence-corrected chi connectivity index (χ1v) is 7.83. The van der Waals surface area contributed by atoms with E-state index < -0.39 is 5.91 Å². The number of halogens is 1. The minimum Gasteiger partial charge on any atom is -0.496 e. The van der Waals surface area contributed by atoms with Crippen molar-refractivity contribution < 1.29 is 18.7 Å². The standard InChI is InChI=1S/C19H17FN2O3/c1-3-22-18(23)16(14-6-4-5-7-15(14)25-2)17(19(22)24)21-13-10-8-12(20)9-11-13/h4-11,21H,3H2,1-2H3. The van der Waals surface area contributed by atoms with Crippen LogP contribution in [0.25, 0.3) is 5.57 Å². The van der Waals surface area contributed by atoms with Crippen molar-refractivity contribution in [3.63, 3.8) is 0 Å². The number of imide groups is 1. The van der Waals surface area contributed by atoms with Gasteiger partial charge in [-0.2, -0.15) is 0 Å². The van der Waals surface area contributed by atoms with Crippen LogP contribution in [0.3, 0.4) is 0 Å². The summed E-state index contributed by atoms with van der Waals surface area (Å²) in [4.78, 5) is 26.6. The number of methoxy groups -OCH3 is 1. The van der Waals surface area contributed by atoms with Crippen LogP contribution in [0, 0.1) is 5.82 Å². The minimum atomic E-state index is -0.419. The molecular weight excluding hydrogens is 323 g/mol. The Morgan fingerprint density at radius 1 is 1.04 bits per heavy atom. The molecule has 0 bridgehead atoms. The second kappa shape index (κ2) is 6.76. The number of carbonyl (C=O) groups excluding carboxylic acids is 2. The summed E-state index contributed by atoms with van der Waals surface area (Å²) in [5.74, 6) is -0.692. The highest BCUT2D eigenvalue weighted by molar-refractivity contribution is 6.37. The lowest BCUT2D eigenvalue weighted by Gasteiger charge is -2.12. The summed E-state index contributed by atoms with van der Waals surface area (Å²) >= 11 is 0. The first-order valence-electron chi connectivity index (χ1n) is 7.83. The van der Waals surface area contributed by atoms with Crippen LogP contribution in [0.4, 0.5) is 10.1 Å². The number of nitrogens with zero attached hydrogens (tertiary/aromatic N) is 1. The molecule has 0 aromatic heterocycles. The van der Waals surface area contributed by atoms with Gasteiger partial charge >= 0.3 is 0 Å². The molecule has 6 heteroatoms. The highest BCUT2D eigenvalue weighted by atomic mass is 19.1. The molecule has 128 valence electrons. The molecule has 1 N–H and O–H groups in total. The van der Waals surface area contributed by atoms with Crippen molar-refractivity contribution in [3.05, 3.63) is 65.6 Å². The second-order valence-electron chi connectivity index (χ2n) is 5.44. The van der Waals surface area contributed by atoms with Gasteiger partial charge in [0.25, 0.3) is 11.8 Å². The summed E-state index contributed by atoms with van der Waals surface area (Å²) in [5.41, 5.74) is 1.45. The summed E-state index contributed by atoms with van der Waals surface area (Å²) in [7, 11) is 1.51. The molecule has 0 atom stereocenters. The van der Waals surface area contributed by atoms with Crippen molar-refractivity contribution in [1.29, 1.82) is 0 Å². The van der Waals surface area contributed by atoms with Gasteiger partial charge in [0.2, 0.25) is 0 Å². The molecule has 0 radical (unpaired) electrons. The maximum absolute atomic E-state index is 13.1. The monoisotopic (exact) mass is 340 g/mol. The molecule has 0 spiro atoms. The first kappa shape index (κ1) is 16.7. The molecule has 0 unspecified atom stereocenters. The Kier molecular flexibility index (Phi) is 4.52. The van der Waals surface area contributed by atoms with E-state index in [4.69, 9.17) is 4.74 Å². The quantitative estimate of drug-likeness (QED) is 0.850. The average molecular weight is 340 g/mol. The summed E-state index contributed by atoms with van der Waals surface area (Å²) in [6, 6.07) is 12.6. The Labute approximate surface area is 144 Å². The summed E-state index contributed by atoms with van der Waals surface area (Å²) in [6.45, 7) is 1.99. The molecule has 1 heterocycles. The number of para-hydroxylation sites is 1. The maximum atomic E-state index is 13.1. The van der Waals surface area contributed by atoms with Gasteiger partial charge in [-0.3, -0.25) is 14.5 Å². The number of hydrogen-bond acceptors (Lipinski definition) is 4. The number of nitrogens with one attached hydrogen (secondary N) is 1. The molecule has 25 heavy (non-hydrogen) atoms. The molecule has 0 fully saturated rings. The molecule has 2 amide bonds. The van der Waals surface area contributed by atoms with E-state index in [0.717, 1.165) is 4.90 Å². The number of carbonyl (C=O) groups is 2. The van der Waals surface area contributed by atoms with Gasteiger partial charge in [0, 0.05) is 17.8 Å². The number of ether oxygens (including phenoxy) is 1. The Morgan fingerprint density at radius 3 is 2.36 bits per heavy atom. The van der Waals surface area contributed by atoms with Crippen LogP contribution in [-0.4, -0.2) is 30.4 Å². The topological polar surface area (TPSA) is 58.6 Å². The zero-order chi connectivity index (χ0) is 18.0. The van der Waals surface area contributed by atoms with Crippen LogP contribution in [0.1, 0.15) is 12.5 Å². The van der Waals surface area contributed by atoms with Crippen LogP contribution in [-0.2, 0) is 9.59 Å². The molecule has 1 aliphatic heterocycles. The highest BCUT2D eigenvalue weighted by Gasteiger charge is 2.39. The number of hydrogen-bond donors (Lipinski definition) is 1. The Hall–Kier alpha value is -3.15. The zero-order valence-corrected chi connectivity index (χ0v) is 13.9. The van der Waals surface area contributed by atoms with E-state index in [1.807, 2.05) is 0 Å². The van der Waals surface area contributed by atoms with E-state index in [9.17, 15) is 14.0 Å². The predicted octanol–water partition coefficient (Wildman–Crippen LogP) is 3.05. The van der Waals surface area contributed by atoms with Gasteiger partial charge in [-0.25, -0.2) is 4.39 Å². The second-order valence-corrected chi connectivity index (χ2v) is 5.44. The van der Waals surface area contributed by atoms with E-state index >= 15 is 0 Å². The molecule has 2 aromatic rings. The summed E-state index contributed by atoms with van der Waals surface area (Å²) in [6.07, 6.45) is 0. The maximum Gasteiger partial charge on any atom is 0.278 e. The first-order chi connectivity index (χ1) is 12.1. The van der Waals surface area contributed by atoms with Crippen LogP contribution < -0.4 is 10.1 Å². The van der Waals surface area contributed by atoms with E-state index in [1.165, 1.54) is 31.4 Å². The van der Waals surface area contributed by atoms with Gasteiger partial charge in [-0.15, -0.1) is 0 Å². The van der Waals surface area contributed by atoms with Crippen molar-refractivity contribution in [2.24, 2.45) is 0 Å². The Balaban J connectivity index is 2.13. The fraction of sp³-hybridized carbons (Fsp3) is 0.158. The van der Waals surface area contributed by atoms with Gasteiger partial charge in [-0.1, -0.05) is 18.2 Å². The Bertz CT molecular complexity index is 859. The van der Waals surface area contributed by atoms with Crippen molar-refractivity contribution >= 4 is 23.1 Å². The average Bonchev–Trinajstić information content (AvgIpc) is 2.86. The molecule has 0 saturated carbocycles. The molecule has 3 rings (SSSR count). The molecule has 1 aliphatic rings. The normalized spacial score (nSPS) is 14.3. The van der Waals surface area contributed by atoms with Gasteiger partial charge in [0.05, 0.1) is 12.7 Å². The number of rotatable bonds is 5. The minimum absolute atomic E-state index is 0.156. The number of likely N-dealkylation sites (N-methyl/N-ethyl adjacent to an activating group) is 1. The molecular formula is C19H17FN2O3. The largest absolute Gasteiger partial charge is 0.496 e. The van der Waals surface area contributed by atoms with Gasteiger partial charge < -0.3 is 10.1 Å². The molecule has 0 saturated heterocycles. The van der Waals surface area contributed by atoms with Crippen LogP contribution in [0.15, 0.2) is 54.2 Å². The highest BCUT2D eigenvalue weighted by Crippen LogP contribution is 2.35. The van der Waals surface area contributed by atoms with Crippen molar-refractivity contribution in [1.82, 2.24) is 4.90 Å². The lowest BCUT2D eigenvalue weighted by Crippen LogP contribution is -2.32. The summed E-state index contributed by atoms with van der Waals surface area (Å²) in [5, 5.41) is 2.96. The van der Waals surface area contributed by atoms with Gasteiger partial charge in [0.1, 0.15) is 17.3 Å². The number of benzene rings is 2. The third kappa shape index (κ3) is 2.98. The van der Waals surface area contributed by atoms with E-state index in [0.29, 0.717) is 17.0 Å². The fourth-order valence-corrected chi connectivity index (χ4v) is 2.76. The van der Waals surface area contributed by atoms with E-state index in [-0.39, 0.29) is 29.5 Å². The van der Waals surface area contributed by atoms with E-state index in [2.05, 4.69) is 5.32 Å². The third-order valence-electron chi connectivity index (χ3n) is 3.97. The molecule has 2 aromatic carbocycles. The van der Waals surface area contributed by atoms with Gasteiger partial charge in [0.15, 0.2) is 0 Å². The number of anilines is 1. The summed E-state index contributed by atoms with van der Waals surface area (Å²) < 4.78 is 18.4. The molecule has 0 aliphatic carbocycles. The lowest BCUT2D eigenvalue weighted by atomic mass is 10.0. The van der Waals surface area contributed by atoms with Crippen LogP contribution >= 0.6 is 0 Å². The van der Waals surface area contributed by atoms with Crippen LogP contribution in [0.5, 0.6) is 5.75 Å². The molecule has 5 nitrogen and oxygen atoms in total. The lowest BCUT2D eigenvalue weighted by molar-refractivity contribution is -0.136. The predicted molar refractivity (Wildman–Crippen MR) is 92.3 cm³/mol. The Morgan fingerprint density at radius 2 is 1.72 bits per heavy atom. The van der Waals surface area contributed by atoms with Crippen molar-refractivity contribution in [2.45, 2.75) is 6.92 Å². The number of amides is 2. The SMILES string of the molecule is CCN1C(=O)C(Nc2ccc(F)cc2)=C(c2ccccc2OC)C1=O. The van der Waals surface area contributed by atoms with Crippen LogP contribution in [0.2, 0.25) is 0 Å². The van der Waals surface area contributed by atoms with Gasteiger partial charge in [-0.05, 0) is 37.3 Å². The van der Waals surface area contributed by atoms with E-state index in [1.54, 1.807) is 31.2 Å². The zero-order valence-electron chi connectivity index (χ0n) is 13.9. The smallest absolute Gasteiger partial charge is 0.278 e.